The standard InChI is InChI=1S/C15H21N3O3/c1-10(15(20)18-8-3-4-9-18)17-14(19)11-6-5-7-12(21-2)13(11)16/h5-7,10H,3-4,8-9,16H2,1-2H3,(H,17,19). The minimum Gasteiger partial charge on any atom is -0.495 e. The van der Waals surface area contributed by atoms with E-state index in [1.165, 1.54) is 7.11 Å². The molecule has 0 saturated carbocycles. The van der Waals surface area contributed by atoms with E-state index in [1.807, 2.05) is 0 Å². The lowest BCUT2D eigenvalue weighted by molar-refractivity contribution is -0.131. The monoisotopic (exact) mass is 291 g/mol. The maximum Gasteiger partial charge on any atom is 0.254 e. The number of anilines is 1. The lowest BCUT2D eigenvalue weighted by Gasteiger charge is -2.21. The fourth-order valence-electron chi connectivity index (χ4n) is 2.47. The predicted octanol–water partition coefficient (Wildman–Crippen LogP) is 1.02. The summed E-state index contributed by atoms with van der Waals surface area (Å²) >= 11 is 0. The largest absolute Gasteiger partial charge is 0.495 e. The van der Waals surface area contributed by atoms with E-state index in [4.69, 9.17) is 10.5 Å². The van der Waals surface area contributed by atoms with E-state index in [0.29, 0.717) is 11.3 Å². The third-order valence-electron chi connectivity index (χ3n) is 3.67. The molecule has 0 radical (unpaired) electrons. The van der Waals surface area contributed by atoms with Crippen LogP contribution in [0.25, 0.3) is 0 Å². The maximum absolute atomic E-state index is 12.2. The Morgan fingerprint density at radius 1 is 1.33 bits per heavy atom. The van der Waals surface area contributed by atoms with Crippen LogP contribution in [0.4, 0.5) is 5.69 Å². The summed E-state index contributed by atoms with van der Waals surface area (Å²) in [6, 6.07) is 4.42. The van der Waals surface area contributed by atoms with Crippen molar-refractivity contribution in [1.82, 2.24) is 10.2 Å². The van der Waals surface area contributed by atoms with Gasteiger partial charge in [-0.3, -0.25) is 9.59 Å². The van der Waals surface area contributed by atoms with Crippen LogP contribution in [0.15, 0.2) is 18.2 Å². The third-order valence-corrected chi connectivity index (χ3v) is 3.67. The van der Waals surface area contributed by atoms with Gasteiger partial charge in [0.25, 0.3) is 5.91 Å². The summed E-state index contributed by atoms with van der Waals surface area (Å²) in [5.41, 5.74) is 6.48. The fraction of sp³-hybridized carbons (Fsp3) is 0.467. The van der Waals surface area contributed by atoms with Gasteiger partial charge >= 0.3 is 0 Å². The average Bonchev–Trinajstić information content (AvgIpc) is 3.00. The van der Waals surface area contributed by atoms with Crippen LogP contribution in [0.5, 0.6) is 5.75 Å². The number of nitrogens with zero attached hydrogens (tertiary/aromatic N) is 1. The average molecular weight is 291 g/mol. The topological polar surface area (TPSA) is 84.7 Å². The molecule has 1 atom stereocenters. The first kappa shape index (κ1) is 15.2. The van der Waals surface area contributed by atoms with Crippen LogP contribution in [0.1, 0.15) is 30.1 Å². The first-order chi connectivity index (χ1) is 10.0. The van der Waals surface area contributed by atoms with Crippen LogP contribution in [-0.2, 0) is 4.79 Å². The molecule has 114 valence electrons. The van der Waals surface area contributed by atoms with Gasteiger partial charge in [0.1, 0.15) is 11.8 Å². The summed E-state index contributed by atoms with van der Waals surface area (Å²) in [6.07, 6.45) is 2.05. The summed E-state index contributed by atoms with van der Waals surface area (Å²) in [7, 11) is 1.49. The van der Waals surface area contributed by atoms with Gasteiger partial charge < -0.3 is 20.7 Å². The van der Waals surface area contributed by atoms with Crippen LogP contribution in [-0.4, -0.2) is 43.0 Å². The van der Waals surface area contributed by atoms with Gasteiger partial charge in [-0.05, 0) is 31.9 Å². The molecule has 6 heteroatoms. The number of ether oxygens (including phenoxy) is 1. The van der Waals surface area contributed by atoms with Crippen molar-refractivity contribution in [2.24, 2.45) is 0 Å². The molecular formula is C15H21N3O3. The maximum atomic E-state index is 12.2. The summed E-state index contributed by atoms with van der Waals surface area (Å²) in [5.74, 6) is 0.0231. The Hall–Kier alpha value is -2.24. The lowest BCUT2D eigenvalue weighted by atomic mass is 10.1. The quantitative estimate of drug-likeness (QED) is 0.811. The van der Waals surface area contributed by atoms with Crippen LogP contribution in [0.2, 0.25) is 0 Å². The molecule has 0 bridgehead atoms. The zero-order valence-corrected chi connectivity index (χ0v) is 12.4. The number of hydrogen-bond donors (Lipinski definition) is 2. The number of methoxy groups -OCH3 is 1. The van der Waals surface area contributed by atoms with Gasteiger partial charge in [0, 0.05) is 13.1 Å². The van der Waals surface area contributed by atoms with Crippen molar-refractivity contribution in [3.8, 4) is 5.75 Å². The molecule has 1 aromatic rings. The first-order valence-corrected chi connectivity index (χ1v) is 7.06. The molecule has 1 aliphatic rings. The number of nitrogens with two attached hydrogens (primary N) is 1. The summed E-state index contributed by atoms with van der Waals surface area (Å²) in [5, 5.41) is 2.70. The number of nitrogens with one attached hydrogen (secondary N) is 1. The van der Waals surface area contributed by atoms with E-state index in [2.05, 4.69) is 5.32 Å². The molecular weight excluding hydrogens is 270 g/mol. The highest BCUT2D eigenvalue weighted by Gasteiger charge is 2.25. The van der Waals surface area contributed by atoms with E-state index >= 15 is 0 Å². The molecule has 1 unspecified atom stereocenters. The Labute approximate surface area is 124 Å². The van der Waals surface area contributed by atoms with Gasteiger partial charge in [-0.1, -0.05) is 6.07 Å². The molecule has 0 aromatic heterocycles. The van der Waals surface area contributed by atoms with E-state index in [-0.39, 0.29) is 17.5 Å². The Morgan fingerprint density at radius 2 is 2.00 bits per heavy atom. The van der Waals surface area contributed by atoms with Gasteiger partial charge in [0.2, 0.25) is 5.91 Å². The van der Waals surface area contributed by atoms with Crippen LogP contribution in [0, 0.1) is 0 Å². The van der Waals surface area contributed by atoms with Crippen LogP contribution in [0.3, 0.4) is 0 Å². The summed E-state index contributed by atoms with van der Waals surface area (Å²) in [4.78, 5) is 26.2. The van der Waals surface area contributed by atoms with Crippen molar-refractivity contribution in [3.05, 3.63) is 23.8 Å². The highest BCUT2D eigenvalue weighted by Crippen LogP contribution is 2.24. The smallest absolute Gasteiger partial charge is 0.254 e. The van der Waals surface area contributed by atoms with Gasteiger partial charge in [0.05, 0.1) is 18.4 Å². The lowest BCUT2D eigenvalue weighted by Crippen LogP contribution is -2.46. The minimum absolute atomic E-state index is 0.0534. The zero-order chi connectivity index (χ0) is 15.4. The zero-order valence-electron chi connectivity index (χ0n) is 12.4. The van der Waals surface area contributed by atoms with Crippen molar-refractivity contribution in [3.63, 3.8) is 0 Å². The van der Waals surface area contributed by atoms with Gasteiger partial charge in [-0.25, -0.2) is 0 Å². The first-order valence-electron chi connectivity index (χ1n) is 7.06. The second kappa shape index (κ2) is 6.47. The Bertz CT molecular complexity index is 539. The second-order valence-electron chi connectivity index (χ2n) is 5.15. The number of benzene rings is 1. The van der Waals surface area contributed by atoms with Gasteiger partial charge in [-0.2, -0.15) is 0 Å². The normalized spacial score (nSPS) is 15.6. The van der Waals surface area contributed by atoms with Crippen molar-refractivity contribution in [1.29, 1.82) is 0 Å². The van der Waals surface area contributed by atoms with Crippen molar-refractivity contribution in [2.45, 2.75) is 25.8 Å². The Balaban J connectivity index is 2.05. The molecule has 2 rings (SSSR count). The fourth-order valence-corrected chi connectivity index (χ4v) is 2.47. The highest BCUT2D eigenvalue weighted by molar-refractivity contribution is 6.02. The van der Waals surface area contributed by atoms with Gasteiger partial charge in [-0.15, -0.1) is 0 Å². The molecule has 0 aliphatic carbocycles. The van der Waals surface area contributed by atoms with E-state index in [1.54, 1.807) is 30.0 Å². The molecule has 1 aromatic carbocycles. The van der Waals surface area contributed by atoms with Crippen LogP contribution < -0.4 is 15.8 Å². The predicted molar refractivity (Wildman–Crippen MR) is 80.1 cm³/mol. The molecule has 21 heavy (non-hydrogen) atoms. The van der Waals surface area contributed by atoms with Crippen LogP contribution >= 0.6 is 0 Å². The second-order valence-corrected chi connectivity index (χ2v) is 5.15. The molecule has 1 aliphatic heterocycles. The Kier molecular flexibility index (Phi) is 4.67. The molecule has 3 N–H and O–H groups in total. The number of hydrogen-bond acceptors (Lipinski definition) is 4. The van der Waals surface area contributed by atoms with Gasteiger partial charge in [0.15, 0.2) is 0 Å². The number of likely N-dealkylation sites (tertiary alicyclic amines) is 1. The number of carbonyl (C=O) groups excluding carboxylic acids is 2. The third kappa shape index (κ3) is 3.26. The molecule has 1 saturated heterocycles. The molecule has 1 fully saturated rings. The number of nitrogen functional groups attached to an aromatic ring is 1. The van der Waals surface area contributed by atoms with E-state index < -0.39 is 6.04 Å². The minimum atomic E-state index is -0.568. The van der Waals surface area contributed by atoms with Crippen molar-refractivity contribution in [2.75, 3.05) is 25.9 Å². The molecule has 2 amide bonds. The van der Waals surface area contributed by atoms with E-state index in [9.17, 15) is 9.59 Å². The highest BCUT2D eigenvalue weighted by atomic mass is 16.5. The molecule has 1 heterocycles. The Morgan fingerprint density at radius 3 is 2.62 bits per heavy atom. The summed E-state index contributed by atoms with van der Waals surface area (Å²) < 4.78 is 5.09. The van der Waals surface area contributed by atoms with Crippen molar-refractivity contribution < 1.29 is 14.3 Å². The molecule has 0 spiro atoms. The number of amides is 2. The number of carbonyl (C=O) groups is 2. The number of para-hydroxylation sites is 1. The molecule has 6 nitrogen and oxygen atoms in total. The SMILES string of the molecule is COc1cccc(C(=O)NC(C)C(=O)N2CCCC2)c1N. The summed E-state index contributed by atoms with van der Waals surface area (Å²) in [6.45, 7) is 3.22. The number of rotatable bonds is 4. The van der Waals surface area contributed by atoms with Crippen molar-refractivity contribution >= 4 is 17.5 Å². The van der Waals surface area contributed by atoms with E-state index in [0.717, 1.165) is 25.9 Å².